The number of aromatic hydroxyl groups is 1. The summed E-state index contributed by atoms with van der Waals surface area (Å²) in [6.07, 6.45) is 4.32. The molecular formula is C16H16N2O2. The first-order valence-electron chi connectivity index (χ1n) is 6.69. The third-order valence-electron chi connectivity index (χ3n) is 3.66. The van der Waals surface area contributed by atoms with Crippen molar-refractivity contribution >= 4 is 5.91 Å². The van der Waals surface area contributed by atoms with Crippen molar-refractivity contribution in [3.8, 4) is 5.75 Å². The Kier molecular flexibility index (Phi) is 3.37. The van der Waals surface area contributed by atoms with Crippen LogP contribution in [0.1, 0.15) is 23.5 Å². The lowest BCUT2D eigenvalue weighted by molar-refractivity contribution is -0.122. The molecule has 2 aromatic rings. The van der Waals surface area contributed by atoms with E-state index in [9.17, 15) is 9.90 Å². The van der Waals surface area contributed by atoms with Crippen LogP contribution in [-0.2, 0) is 11.3 Å². The van der Waals surface area contributed by atoms with Crippen LogP contribution in [0.5, 0.6) is 5.75 Å². The number of phenols is 1. The summed E-state index contributed by atoms with van der Waals surface area (Å²) in [4.78, 5) is 16.0. The number of hydrogen-bond acceptors (Lipinski definition) is 3. The van der Waals surface area contributed by atoms with Gasteiger partial charge in [0, 0.05) is 24.9 Å². The molecule has 0 aliphatic heterocycles. The van der Waals surface area contributed by atoms with Crippen LogP contribution in [-0.4, -0.2) is 16.0 Å². The minimum atomic E-state index is 0.0568. The molecule has 1 aromatic carbocycles. The Hall–Kier alpha value is -2.36. The molecule has 0 radical (unpaired) electrons. The summed E-state index contributed by atoms with van der Waals surface area (Å²) in [6.45, 7) is 0.542. The zero-order chi connectivity index (χ0) is 13.9. The maximum absolute atomic E-state index is 12.1. The number of hydrogen-bond donors (Lipinski definition) is 2. The molecule has 4 nitrogen and oxygen atoms in total. The van der Waals surface area contributed by atoms with Crippen LogP contribution in [0.3, 0.4) is 0 Å². The molecule has 0 saturated heterocycles. The molecule has 2 N–H and O–H groups in total. The van der Waals surface area contributed by atoms with Gasteiger partial charge in [0.1, 0.15) is 5.75 Å². The van der Waals surface area contributed by atoms with E-state index >= 15 is 0 Å². The smallest absolute Gasteiger partial charge is 0.224 e. The second-order valence-electron chi connectivity index (χ2n) is 5.11. The summed E-state index contributed by atoms with van der Waals surface area (Å²) in [6, 6.07) is 10.9. The predicted molar refractivity (Wildman–Crippen MR) is 75.0 cm³/mol. The molecule has 3 rings (SSSR count). The van der Waals surface area contributed by atoms with E-state index in [1.54, 1.807) is 24.5 Å². The van der Waals surface area contributed by atoms with Gasteiger partial charge in [-0.3, -0.25) is 9.78 Å². The van der Waals surface area contributed by atoms with Gasteiger partial charge in [-0.1, -0.05) is 12.1 Å². The van der Waals surface area contributed by atoms with Crippen molar-refractivity contribution in [1.29, 1.82) is 0 Å². The minimum absolute atomic E-state index is 0.0568. The van der Waals surface area contributed by atoms with Crippen LogP contribution in [0.4, 0.5) is 0 Å². The molecule has 1 amide bonds. The molecule has 1 aromatic heterocycles. The van der Waals surface area contributed by atoms with E-state index in [1.807, 2.05) is 24.3 Å². The number of phenolic OH excluding ortho intramolecular Hbond substituents is 1. The quantitative estimate of drug-likeness (QED) is 0.893. The van der Waals surface area contributed by atoms with Gasteiger partial charge in [0.15, 0.2) is 0 Å². The van der Waals surface area contributed by atoms with Gasteiger partial charge < -0.3 is 10.4 Å². The Morgan fingerprint density at radius 3 is 2.60 bits per heavy atom. The number of amides is 1. The molecule has 1 heterocycles. The summed E-state index contributed by atoms with van der Waals surface area (Å²) in [5.41, 5.74) is 2.17. The number of nitrogens with one attached hydrogen (secondary N) is 1. The Bertz CT molecular complexity index is 596. The normalized spacial score (nSPS) is 20.4. The average Bonchev–Trinajstić information content (AvgIpc) is 3.27. The molecule has 1 aliphatic rings. The summed E-state index contributed by atoms with van der Waals surface area (Å²) >= 11 is 0. The monoisotopic (exact) mass is 268 g/mol. The standard InChI is InChI=1S/C16H16N2O2/c19-13-3-1-12(2-4-13)14-9-15(14)16(20)18-10-11-5-7-17-8-6-11/h1-8,14-15,19H,9-10H2,(H,18,20). The van der Waals surface area contributed by atoms with Crippen LogP contribution in [0, 0.1) is 5.92 Å². The fourth-order valence-corrected chi connectivity index (χ4v) is 2.40. The van der Waals surface area contributed by atoms with Crippen LogP contribution >= 0.6 is 0 Å². The van der Waals surface area contributed by atoms with Crippen LogP contribution in [0.15, 0.2) is 48.8 Å². The van der Waals surface area contributed by atoms with E-state index < -0.39 is 0 Å². The fourth-order valence-electron chi connectivity index (χ4n) is 2.40. The second kappa shape index (κ2) is 5.33. The second-order valence-corrected chi connectivity index (χ2v) is 5.11. The predicted octanol–water partition coefficient (Wildman–Crippen LogP) is 2.21. The fraction of sp³-hybridized carbons (Fsp3) is 0.250. The highest BCUT2D eigenvalue weighted by Crippen LogP contribution is 2.47. The molecule has 20 heavy (non-hydrogen) atoms. The van der Waals surface area contributed by atoms with Gasteiger partial charge in [0.25, 0.3) is 0 Å². The van der Waals surface area contributed by atoms with E-state index in [0.717, 1.165) is 17.5 Å². The van der Waals surface area contributed by atoms with Crippen molar-refractivity contribution in [3.63, 3.8) is 0 Å². The summed E-state index contributed by atoms with van der Waals surface area (Å²) in [5.74, 6) is 0.697. The first kappa shape index (κ1) is 12.7. The third-order valence-corrected chi connectivity index (χ3v) is 3.66. The van der Waals surface area contributed by atoms with E-state index in [4.69, 9.17) is 0 Å². The van der Waals surface area contributed by atoms with Gasteiger partial charge in [-0.05, 0) is 47.7 Å². The van der Waals surface area contributed by atoms with Crippen LogP contribution in [0.2, 0.25) is 0 Å². The summed E-state index contributed by atoms with van der Waals surface area (Å²) in [5, 5.41) is 12.2. The number of carbonyl (C=O) groups excluding carboxylic acids is 1. The van der Waals surface area contributed by atoms with Gasteiger partial charge in [-0.15, -0.1) is 0 Å². The van der Waals surface area contributed by atoms with Crippen molar-refractivity contribution < 1.29 is 9.90 Å². The lowest BCUT2D eigenvalue weighted by atomic mass is 10.1. The lowest BCUT2D eigenvalue weighted by Crippen LogP contribution is -2.24. The zero-order valence-electron chi connectivity index (χ0n) is 11.0. The molecule has 102 valence electrons. The van der Waals surface area contributed by atoms with E-state index in [1.165, 1.54) is 0 Å². The number of carbonyl (C=O) groups is 1. The number of pyridine rings is 1. The summed E-state index contributed by atoms with van der Waals surface area (Å²) < 4.78 is 0. The Balaban J connectivity index is 1.54. The maximum atomic E-state index is 12.1. The molecule has 0 spiro atoms. The zero-order valence-corrected chi connectivity index (χ0v) is 11.0. The molecule has 1 aliphatic carbocycles. The molecular weight excluding hydrogens is 252 g/mol. The maximum Gasteiger partial charge on any atom is 0.224 e. The third kappa shape index (κ3) is 2.79. The van der Waals surface area contributed by atoms with Gasteiger partial charge >= 0.3 is 0 Å². The number of rotatable bonds is 4. The van der Waals surface area contributed by atoms with Crippen molar-refractivity contribution in [2.24, 2.45) is 5.92 Å². The molecule has 1 fully saturated rings. The van der Waals surface area contributed by atoms with Crippen LogP contribution in [0.25, 0.3) is 0 Å². The molecule has 2 atom stereocenters. The topological polar surface area (TPSA) is 62.2 Å². The highest BCUT2D eigenvalue weighted by Gasteiger charge is 2.43. The Labute approximate surface area is 117 Å². The molecule has 2 unspecified atom stereocenters. The largest absolute Gasteiger partial charge is 0.508 e. The van der Waals surface area contributed by atoms with Crippen molar-refractivity contribution in [1.82, 2.24) is 10.3 Å². The number of nitrogens with zero attached hydrogens (tertiary/aromatic N) is 1. The highest BCUT2D eigenvalue weighted by molar-refractivity contribution is 5.82. The van der Waals surface area contributed by atoms with Gasteiger partial charge in [0.2, 0.25) is 5.91 Å². The molecule has 0 bridgehead atoms. The average molecular weight is 268 g/mol. The first-order valence-corrected chi connectivity index (χ1v) is 6.69. The van der Waals surface area contributed by atoms with Gasteiger partial charge in [0.05, 0.1) is 0 Å². The molecule has 4 heteroatoms. The van der Waals surface area contributed by atoms with E-state index in [0.29, 0.717) is 6.54 Å². The summed E-state index contributed by atoms with van der Waals surface area (Å²) in [7, 11) is 0. The number of benzene rings is 1. The Morgan fingerprint density at radius 1 is 1.20 bits per heavy atom. The van der Waals surface area contributed by atoms with Crippen molar-refractivity contribution in [2.45, 2.75) is 18.9 Å². The lowest BCUT2D eigenvalue weighted by Gasteiger charge is -2.05. The van der Waals surface area contributed by atoms with Crippen molar-refractivity contribution in [3.05, 3.63) is 59.9 Å². The van der Waals surface area contributed by atoms with Gasteiger partial charge in [-0.2, -0.15) is 0 Å². The SMILES string of the molecule is O=C(NCc1ccncc1)C1CC1c1ccc(O)cc1. The van der Waals surface area contributed by atoms with E-state index in [2.05, 4.69) is 10.3 Å². The Morgan fingerprint density at radius 2 is 1.90 bits per heavy atom. The van der Waals surface area contributed by atoms with E-state index in [-0.39, 0.29) is 23.5 Å². The molecule has 1 saturated carbocycles. The first-order chi connectivity index (χ1) is 9.74. The minimum Gasteiger partial charge on any atom is -0.508 e. The van der Waals surface area contributed by atoms with Crippen molar-refractivity contribution in [2.75, 3.05) is 0 Å². The van der Waals surface area contributed by atoms with Gasteiger partial charge in [-0.25, -0.2) is 0 Å². The number of aromatic nitrogens is 1. The highest BCUT2D eigenvalue weighted by atomic mass is 16.3. The van der Waals surface area contributed by atoms with Crippen LogP contribution < -0.4 is 5.32 Å².